The normalized spacial score (nSPS) is 15.1. The summed E-state index contributed by atoms with van der Waals surface area (Å²) in [5, 5.41) is 3.09. The van der Waals surface area contributed by atoms with E-state index in [-0.39, 0.29) is 30.1 Å². The zero-order valence-electron chi connectivity index (χ0n) is 18.4. The van der Waals surface area contributed by atoms with Crippen LogP contribution in [0.25, 0.3) is 0 Å². The number of carbonyl (C=O) groups excluding carboxylic acids is 2. The smallest absolute Gasteiger partial charge is 0.261 e. The average Bonchev–Trinajstić information content (AvgIpc) is 2.80. The number of benzene rings is 2. The molecule has 0 radical (unpaired) electrons. The molecule has 0 heterocycles. The molecule has 7 heteroatoms. The van der Waals surface area contributed by atoms with Gasteiger partial charge in [-0.1, -0.05) is 50.5 Å². The van der Waals surface area contributed by atoms with Crippen LogP contribution in [-0.2, 0) is 16.1 Å². The Bertz CT molecular complexity index is 898. The second-order valence-corrected chi connectivity index (χ2v) is 8.13. The molecule has 0 aliphatic heterocycles. The number of rotatable bonds is 9. The molecule has 1 atom stereocenters. The number of nitrogens with zero attached hydrogens (tertiary/aromatic N) is 1. The quantitative estimate of drug-likeness (QED) is 0.615. The van der Waals surface area contributed by atoms with Crippen LogP contribution in [0.15, 0.2) is 48.5 Å². The van der Waals surface area contributed by atoms with Crippen molar-refractivity contribution < 1.29 is 23.1 Å². The highest BCUT2D eigenvalue weighted by Crippen LogP contribution is 2.20. The number of hydrogen-bond acceptors (Lipinski definition) is 3. The van der Waals surface area contributed by atoms with E-state index in [9.17, 15) is 18.4 Å². The minimum atomic E-state index is -0.710. The first kappa shape index (κ1) is 23.7. The van der Waals surface area contributed by atoms with Gasteiger partial charge in [0.25, 0.3) is 5.91 Å². The molecule has 0 saturated heterocycles. The molecular formula is C25H30F2N2O3. The molecule has 2 aromatic rings. The van der Waals surface area contributed by atoms with E-state index in [1.54, 1.807) is 18.2 Å². The summed E-state index contributed by atoms with van der Waals surface area (Å²) in [5.41, 5.74) is 0.689. The fourth-order valence-corrected chi connectivity index (χ4v) is 4.03. The van der Waals surface area contributed by atoms with E-state index in [2.05, 4.69) is 5.32 Å². The summed E-state index contributed by atoms with van der Waals surface area (Å²) in [6, 6.07) is 11.1. The number of para-hydroxylation sites is 1. The second kappa shape index (κ2) is 11.6. The summed E-state index contributed by atoms with van der Waals surface area (Å²) < 4.78 is 32.6. The second-order valence-electron chi connectivity index (χ2n) is 8.13. The van der Waals surface area contributed by atoms with Gasteiger partial charge in [0.1, 0.15) is 11.9 Å². The summed E-state index contributed by atoms with van der Waals surface area (Å²) in [7, 11) is 0. The molecule has 172 valence electrons. The van der Waals surface area contributed by atoms with Crippen LogP contribution >= 0.6 is 0 Å². The van der Waals surface area contributed by atoms with Crippen LogP contribution in [0, 0.1) is 11.6 Å². The minimum absolute atomic E-state index is 0.0257. The van der Waals surface area contributed by atoms with E-state index < -0.39 is 24.4 Å². The van der Waals surface area contributed by atoms with Crippen molar-refractivity contribution in [2.24, 2.45) is 0 Å². The first-order chi connectivity index (χ1) is 15.5. The summed E-state index contributed by atoms with van der Waals surface area (Å²) in [4.78, 5) is 27.7. The largest absolute Gasteiger partial charge is 0.481 e. The number of nitrogens with one attached hydrogen (secondary N) is 1. The van der Waals surface area contributed by atoms with Gasteiger partial charge in [-0.2, -0.15) is 0 Å². The van der Waals surface area contributed by atoms with E-state index in [0.29, 0.717) is 12.0 Å². The average molecular weight is 445 g/mol. The lowest BCUT2D eigenvalue weighted by Gasteiger charge is -2.32. The highest BCUT2D eigenvalue weighted by atomic mass is 19.1. The van der Waals surface area contributed by atoms with Crippen molar-refractivity contribution in [2.45, 2.75) is 64.1 Å². The molecule has 5 nitrogen and oxygen atoms in total. The number of halogens is 2. The molecule has 32 heavy (non-hydrogen) atoms. The molecule has 2 aromatic carbocycles. The Labute approximate surface area is 187 Å². The summed E-state index contributed by atoms with van der Waals surface area (Å²) in [5.74, 6) is -1.62. The molecule has 1 aliphatic rings. The monoisotopic (exact) mass is 444 g/mol. The molecule has 1 N–H and O–H groups in total. The summed E-state index contributed by atoms with van der Waals surface area (Å²) >= 11 is 0. The fourth-order valence-electron chi connectivity index (χ4n) is 4.03. The topological polar surface area (TPSA) is 58.6 Å². The molecule has 0 aromatic heterocycles. The predicted molar refractivity (Wildman–Crippen MR) is 118 cm³/mol. The Hall–Kier alpha value is -2.96. The van der Waals surface area contributed by atoms with Gasteiger partial charge in [-0.15, -0.1) is 0 Å². The molecule has 3 rings (SSSR count). The number of hydrogen-bond donors (Lipinski definition) is 1. The SMILES string of the molecule is CCC(C(=O)NC1CCCCC1)N(Cc1ccc(F)cc1)C(=O)COc1ccccc1F. The Morgan fingerprint density at radius 1 is 1.06 bits per heavy atom. The van der Waals surface area contributed by atoms with E-state index in [0.717, 1.165) is 25.7 Å². The Morgan fingerprint density at radius 2 is 1.75 bits per heavy atom. The molecule has 0 spiro atoms. The maximum absolute atomic E-state index is 13.9. The van der Waals surface area contributed by atoms with Crippen molar-refractivity contribution >= 4 is 11.8 Å². The van der Waals surface area contributed by atoms with Gasteiger partial charge >= 0.3 is 0 Å². The van der Waals surface area contributed by atoms with Crippen molar-refractivity contribution in [2.75, 3.05) is 6.61 Å². The highest BCUT2D eigenvalue weighted by Gasteiger charge is 2.30. The van der Waals surface area contributed by atoms with Crippen LogP contribution in [0.2, 0.25) is 0 Å². The highest BCUT2D eigenvalue weighted by molar-refractivity contribution is 5.88. The third-order valence-corrected chi connectivity index (χ3v) is 5.79. The summed E-state index contributed by atoms with van der Waals surface area (Å²) in [6.07, 6.45) is 5.61. The van der Waals surface area contributed by atoms with Crippen molar-refractivity contribution in [3.8, 4) is 5.75 Å². The zero-order chi connectivity index (χ0) is 22.9. The maximum Gasteiger partial charge on any atom is 0.261 e. The van der Waals surface area contributed by atoms with E-state index in [1.807, 2.05) is 6.92 Å². The third kappa shape index (κ3) is 6.52. The Morgan fingerprint density at radius 3 is 2.41 bits per heavy atom. The molecular weight excluding hydrogens is 414 g/mol. The standard InChI is InChI=1S/C25H30F2N2O3/c1-2-22(25(31)28-20-8-4-3-5-9-20)29(16-18-12-14-19(26)15-13-18)24(30)17-32-23-11-7-6-10-21(23)27/h6-7,10-15,20,22H,2-5,8-9,16-17H2,1H3,(H,28,31). The van der Waals surface area contributed by atoms with Gasteiger partial charge in [-0.3, -0.25) is 9.59 Å². The van der Waals surface area contributed by atoms with Crippen molar-refractivity contribution in [1.82, 2.24) is 10.2 Å². The lowest BCUT2D eigenvalue weighted by molar-refractivity contribution is -0.143. The van der Waals surface area contributed by atoms with Crippen LogP contribution in [0.3, 0.4) is 0 Å². The van der Waals surface area contributed by atoms with Gasteiger partial charge in [-0.05, 0) is 49.1 Å². The lowest BCUT2D eigenvalue weighted by atomic mass is 9.95. The van der Waals surface area contributed by atoms with Crippen LogP contribution in [0.5, 0.6) is 5.75 Å². The number of amides is 2. The summed E-state index contributed by atoms with van der Waals surface area (Å²) in [6.45, 7) is 1.56. The van der Waals surface area contributed by atoms with E-state index >= 15 is 0 Å². The Kier molecular flexibility index (Phi) is 8.59. The minimum Gasteiger partial charge on any atom is -0.481 e. The van der Waals surface area contributed by atoms with Gasteiger partial charge in [0.2, 0.25) is 5.91 Å². The van der Waals surface area contributed by atoms with E-state index in [4.69, 9.17) is 4.74 Å². The fraction of sp³-hybridized carbons (Fsp3) is 0.440. The molecule has 1 unspecified atom stereocenters. The zero-order valence-corrected chi connectivity index (χ0v) is 18.4. The lowest BCUT2D eigenvalue weighted by Crippen LogP contribution is -2.52. The third-order valence-electron chi connectivity index (χ3n) is 5.79. The van der Waals surface area contributed by atoms with Gasteiger partial charge in [0.05, 0.1) is 0 Å². The number of carbonyl (C=O) groups is 2. The number of ether oxygens (including phenoxy) is 1. The van der Waals surface area contributed by atoms with Gasteiger partial charge in [-0.25, -0.2) is 8.78 Å². The molecule has 2 amide bonds. The first-order valence-corrected chi connectivity index (χ1v) is 11.2. The van der Waals surface area contributed by atoms with Gasteiger partial charge in [0.15, 0.2) is 18.2 Å². The van der Waals surface area contributed by atoms with Crippen LogP contribution in [0.1, 0.15) is 51.0 Å². The van der Waals surface area contributed by atoms with Crippen molar-refractivity contribution in [3.05, 3.63) is 65.7 Å². The Balaban J connectivity index is 1.75. The first-order valence-electron chi connectivity index (χ1n) is 11.2. The van der Waals surface area contributed by atoms with Crippen LogP contribution in [0.4, 0.5) is 8.78 Å². The van der Waals surface area contributed by atoms with Crippen LogP contribution in [-0.4, -0.2) is 35.4 Å². The van der Waals surface area contributed by atoms with Crippen molar-refractivity contribution in [1.29, 1.82) is 0 Å². The molecule has 1 fully saturated rings. The predicted octanol–water partition coefficient (Wildman–Crippen LogP) is 4.60. The van der Waals surface area contributed by atoms with E-state index in [1.165, 1.54) is 41.7 Å². The maximum atomic E-state index is 13.9. The van der Waals surface area contributed by atoms with Gasteiger partial charge in [0, 0.05) is 12.6 Å². The van der Waals surface area contributed by atoms with Crippen LogP contribution < -0.4 is 10.1 Å². The van der Waals surface area contributed by atoms with Crippen molar-refractivity contribution in [3.63, 3.8) is 0 Å². The molecule has 1 saturated carbocycles. The molecule has 1 aliphatic carbocycles. The molecule has 0 bridgehead atoms. The van der Waals surface area contributed by atoms with Gasteiger partial charge < -0.3 is 15.0 Å².